The molecule has 20 heavy (non-hydrogen) atoms. The summed E-state index contributed by atoms with van der Waals surface area (Å²) in [5.74, 6) is -4.53. The first-order valence-electron chi connectivity index (χ1n) is 5.82. The maximum Gasteiger partial charge on any atom is 0.321 e. The summed E-state index contributed by atoms with van der Waals surface area (Å²) >= 11 is 0. The zero-order chi connectivity index (χ0) is 15.5. The van der Waals surface area contributed by atoms with E-state index in [4.69, 9.17) is 15.6 Å². The lowest BCUT2D eigenvalue weighted by atomic mass is 9.96. The summed E-state index contributed by atoms with van der Waals surface area (Å²) in [7, 11) is 0. The van der Waals surface area contributed by atoms with E-state index in [0.717, 1.165) is 0 Å². The Morgan fingerprint density at radius 1 is 1.40 bits per heavy atom. The summed E-state index contributed by atoms with van der Waals surface area (Å²) in [5, 5.41) is 49.5. The van der Waals surface area contributed by atoms with Crippen molar-refractivity contribution in [2.24, 2.45) is 5.73 Å². The first-order valence-corrected chi connectivity index (χ1v) is 5.82. The van der Waals surface area contributed by atoms with Crippen molar-refractivity contribution in [2.45, 2.75) is 36.6 Å². The van der Waals surface area contributed by atoms with E-state index in [1.807, 2.05) is 0 Å². The van der Waals surface area contributed by atoms with Crippen LogP contribution in [-0.2, 0) is 14.3 Å². The van der Waals surface area contributed by atoms with Gasteiger partial charge in [-0.1, -0.05) is 0 Å². The number of carboxylic acids is 1. The summed E-state index contributed by atoms with van der Waals surface area (Å²) in [6.45, 7) is -1.02. The van der Waals surface area contributed by atoms with Crippen LogP contribution >= 0.6 is 0 Å². The Balaban J connectivity index is 2.66. The van der Waals surface area contributed by atoms with Crippen LogP contribution in [0.3, 0.4) is 0 Å². The number of hydrogen-bond donors (Lipinski definition) is 7. The average Bonchev–Trinajstić information content (AvgIpc) is 2.36. The van der Waals surface area contributed by atoms with Gasteiger partial charge >= 0.3 is 5.97 Å². The molecule has 1 rings (SSSR count). The van der Waals surface area contributed by atoms with Crippen molar-refractivity contribution in [1.29, 1.82) is 0 Å². The molecule has 0 aromatic carbocycles. The minimum absolute atomic E-state index is 0.441. The van der Waals surface area contributed by atoms with E-state index in [1.54, 1.807) is 0 Å². The van der Waals surface area contributed by atoms with Crippen LogP contribution in [0.25, 0.3) is 0 Å². The lowest BCUT2D eigenvalue weighted by molar-refractivity contribution is -0.318. The monoisotopic (exact) mass is 294 g/mol. The molecule has 1 heterocycles. The van der Waals surface area contributed by atoms with Gasteiger partial charge in [-0.15, -0.1) is 0 Å². The van der Waals surface area contributed by atoms with E-state index in [1.165, 1.54) is 0 Å². The van der Waals surface area contributed by atoms with Gasteiger partial charge in [0.1, 0.15) is 24.4 Å². The number of nitrogens with one attached hydrogen (secondary N) is 1. The Kier molecular flexibility index (Phi) is 5.39. The maximum absolute atomic E-state index is 10.9. The van der Waals surface area contributed by atoms with Crippen LogP contribution in [0.4, 0.5) is 0 Å². The Morgan fingerprint density at radius 3 is 2.50 bits per heavy atom. The van der Waals surface area contributed by atoms with Crippen LogP contribution in [-0.4, -0.2) is 80.7 Å². The maximum atomic E-state index is 10.9. The van der Waals surface area contributed by atoms with Gasteiger partial charge in [-0.3, -0.25) is 14.9 Å². The topological polar surface area (TPSA) is 183 Å². The van der Waals surface area contributed by atoms with Crippen LogP contribution in [0.1, 0.15) is 6.42 Å². The first-order chi connectivity index (χ1) is 9.17. The molecule has 0 saturated carbocycles. The Bertz CT molecular complexity index is 378. The lowest BCUT2D eigenvalue weighted by Crippen LogP contribution is -2.65. The highest BCUT2D eigenvalue weighted by Crippen LogP contribution is 2.23. The molecular formula is C10H18N2O8. The molecule has 5 atom stereocenters. The largest absolute Gasteiger partial charge is 0.480 e. The van der Waals surface area contributed by atoms with Crippen LogP contribution < -0.4 is 11.1 Å². The third kappa shape index (κ3) is 3.85. The van der Waals surface area contributed by atoms with E-state index >= 15 is 0 Å². The standard InChI is InChI=1S/C10H18N2O8/c11-6(14)1-4(9(17)18)12-3-10(19)8(16)7(15)5(13)2-20-10/h4-5,7-8,12-13,15-16,19H,1-3H2,(H2,11,14)(H,17,18). The minimum atomic E-state index is -2.29. The number of ether oxygens (including phenoxy) is 1. The molecule has 1 amide bonds. The number of nitrogens with two attached hydrogens (primary N) is 1. The molecule has 10 heteroatoms. The Morgan fingerprint density at radius 2 is 2.00 bits per heavy atom. The summed E-state index contributed by atoms with van der Waals surface area (Å²) in [6.07, 6.45) is -5.38. The highest BCUT2D eigenvalue weighted by molar-refractivity contribution is 5.83. The van der Waals surface area contributed by atoms with Crippen molar-refractivity contribution in [3.05, 3.63) is 0 Å². The number of aliphatic hydroxyl groups excluding tert-OH is 3. The fourth-order valence-electron chi connectivity index (χ4n) is 1.76. The van der Waals surface area contributed by atoms with Gasteiger partial charge in [0.25, 0.3) is 0 Å². The highest BCUT2D eigenvalue weighted by atomic mass is 16.6. The predicted molar refractivity (Wildman–Crippen MR) is 62.2 cm³/mol. The van der Waals surface area contributed by atoms with E-state index in [9.17, 15) is 30.0 Å². The fraction of sp³-hybridized carbons (Fsp3) is 0.800. The van der Waals surface area contributed by atoms with Gasteiger partial charge < -0.3 is 36.0 Å². The first kappa shape index (κ1) is 16.8. The second kappa shape index (κ2) is 6.43. The van der Waals surface area contributed by atoms with Gasteiger partial charge in [0.15, 0.2) is 0 Å². The lowest BCUT2D eigenvalue weighted by Gasteiger charge is -2.42. The highest BCUT2D eigenvalue weighted by Gasteiger charge is 2.48. The van der Waals surface area contributed by atoms with Crippen LogP contribution in [0.2, 0.25) is 0 Å². The third-order valence-corrected chi connectivity index (χ3v) is 2.99. The van der Waals surface area contributed by atoms with E-state index in [0.29, 0.717) is 0 Å². The second-order valence-corrected chi connectivity index (χ2v) is 4.60. The molecular weight excluding hydrogens is 276 g/mol. The number of amides is 1. The molecule has 1 aliphatic heterocycles. The number of aliphatic carboxylic acids is 1. The molecule has 0 spiro atoms. The van der Waals surface area contributed by atoms with Gasteiger partial charge in [-0.25, -0.2) is 0 Å². The van der Waals surface area contributed by atoms with Crippen molar-refractivity contribution in [1.82, 2.24) is 5.32 Å². The number of carbonyl (C=O) groups excluding carboxylic acids is 1. The normalized spacial score (nSPS) is 35.5. The summed E-state index contributed by atoms with van der Waals surface area (Å²) < 4.78 is 4.82. The summed E-state index contributed by atoms with van der Waals surface area (Å²) in [4.78, 5) is 21.6. The zero-order valence-electron chi connectivity index (χ0n) is 10.5. The van der Waals surface area contributed by atoms with E-state index < -0.39 is 61.6 Å². The Labute approximate surface area is 113 Å². The molecule has 1 aliphatic rings. The number of carboxylic acid groups (broad SMARTS) is 1. The molecule has 0 aromatic rings. The molecule has 1 saturated heterocycles. The SMILES string of the molecule is NC(=O)CC(NCC1(O)OCC(O)C(O)C1O)C(=O)O. The molecule has 10 nitrogen and oxygen atoms in total. The van der Waals surface area contributed by atoms with Crippen LogP contribution in [0, 0.1) is 0 Å². The molecule has 0 aromatic heterocycles. The molecule has 116 valence electrons. The number of carbonyl (C=O) groups is 2. The molecule has 0 radical (unpaired) electrons. The number of primary amides is 1. The number of hydrogen-bond acceptors (Lipinski definition) is 8. The van der Waals surface area contributed by atoms with E-state index in [-0.39, 0.29) is 0 Å². The van der Waals surface area contributed by atoms with Crippen molar-refractivity contribution < 1.29 is 39.9 Å². The zero-order valence-corrected chi connectivity index (χ0v) is 10.5. The third-order valence-electron chi connectivity index (χ3n) is 2.99. The molecule has 1 fully saturated rings. The van der Waals surface area contributed by atoms with Gasteiger partial charge in [0, 0.05) is 0 Å². The smallest absolute Gasteiger partial charge is 0.321 e. The molecule has 0 aliphatic carbocycles. The number of aliphatic hydroxyl groups is 4. The molecule has 0 bridgehead atoms. The minimum Gasteiger partial charge on any atom is -0.480 e. The second-order valence-electron chi connectivity index (χ2n) is 4.60. The predicted octanol–water partition coefficient (Wildman–Crippen LogP) is -4.29. The van der Waals surface area contributed by atoms with Crippen molar-refractivity contribution >= 4 is 11.9 Å². The fourth-order valence-corrected chi connectivity index (χ4v) is 1.76. The van der Waals surface area contributed by atoms with Crippen molar-refractivity contribution in [3.8, 4) is 0 Å². The molecule has 5 unspecified atom stereocenters. The quantitative estimate of drug-likeness (QED) is 0.255. The van der Waals surface area contributed by atoms with Gasteiger partial charge in [0.2, 0.25) is 11.7 Å². The van der Waals surface area contributed by atoms with Gasteiger partial charge in [-0.2, -0.15) is 0 Å². The molecule has 8 N–H and O–H groups in total. The van der Waals surface area contributed by atoms with Gasteiger partial charge in [-0.05, 0) is 0 Å². The number of rotatable bonds is 6. The average molecular weight is 294 g/mol. The Hall–Kier alpha value is -1.30. The van der Waals surface area contributed by atoms with Crippen molar-refractivity contribution in [2.75, 3.05) is 13.2 Å². The summed E-state index contributed by atoms with van der Waals surface area (Å²) in [5.41, 5.74) is 4.88. The van der Waals surface area contributed by atoms with Gasteiger partial charge in [0.05, 0.1) is 19.6 Å². The van der Waals surface area contributed by atoms with E-state index in [2.05, 4.69) is 5.32 Å². The summed E-state index contributed by atoms with van der Waals surface area (Å²) in [6, 6.07) is -1.38. The van der Waals surface area contributed by atoms with Crippen molar-refractivity contribution in [3.63, 3.8) is 0 Å². The van der Waals surface area contributed by atoms with Crippen LogP contribution in [0.15, 0.2) is 0 Å². The van der Waals surface area contributed by atoms with Crippen LogP contribution in [0.5, 0.6) is 0 Å².